The zero-order valence-electron chi connectivity index (χ0n) is 19.7. The van der Waals surface area contributed by atoms with Crippen LogP contribution >= 0.6 is 0 Å². The van der Waals surface area contributed by atoms with Gasteiger partial charge in [-0.3, -0.25) is 4.79 Å². The highest BCUT2D eigenvalue weighted by atomic mass is 16.5. The molecule has 1 aliphatic carbocycles. The number of hydrogen-bond acceptors (Lipinski definition) is 8. The second kappa shape index (κ2) is 9.64. The average molecular weight is 474 g/mol. The van der Waals surface area contributed by atoms with Gasteiger partial charge in [0.05, 0.1) is 25.6 Å². The summed E-state index contributed by atoms with van der Waals surface area (Å²) in [6.45, 7) is 1.80. The van der Waals surface area contributed by atoms with Crippen molar-refractivity contribution in [3.63, 3.8) is 0 Å². The maximum absolute atomic E-state index is 12.4. The van der Waals surface area contributed by atoms with Gasteiger partial charge >= 0.3 is 0 Å². The van der Waals surface area contributed by atoms with E-state index in [1.54, 1.807) is 35.9 Å². The summed E-state index contributed by atoms with van der Waals surface area (Å²) in [6, 6.07) is 6.02. The van der Waals surface area contributed by atoms with Crippen molar-refractivity contribution in [2.24, 2.45) is 0 Å². The number of nitrogens with two attached hydrogens (primary N) is 1. The molecule has 1 aliphatic heterocycles. The van der Waals surface area contributed by atoms with Crippen molar-refractivity contribution in [3.8, 4) is 23.3 Å². The Balaban J connectivity index is 1.35. The minimum Gasteiger partial charge on any atom is -0.497 e. The number of nitrogens with zero attached hydrogens (tertiary/aromatic N) is 5. The summed E-state index contributed by atoms with van der Waals surface area (Å²) in [5, 5.41) is 8.66. The first-order valence-electron chi connectivity index (χ1n) is 11.5. The Morgan fingerprint density at radius 3 is 2.60 bits per heavy atom. The highest BCUT2D eigenvalue weighted by Gasteiger charge is 2.33. The van der Waals surface area contributed by atoms with E-state index in [-0.39, 0.29) is 11.9 Å². The minimum absolute atomic E-state index is 0.00330. The molecule has 35 heavy (non-hydrogen) atoms. The number of aromatic nitrogens is 4. The Kier molecular flexibility index (Phi) is 6.25. The fraction of sp³-hybridized carbons (Fsp3) is 0.360. The molecule has 0 radical (unpaired) electrons. The number of carbonyl (C=O) groups excluding carboxylic acids is 1. The van der Waals surface area contributed by atoms with Crippen molar-refractivity contribution in [1.82, 2.24) is 30.0 Å². The van der Waals surface area contributed by atoms with Crippen LogP contribution in [-0.4, -0.2) is 70.5 Å². The van der Waals surface area contributed by atoms with Gasteiger partial charge in [-0.25, -0.2) is 14.6 Å². The van der Waals surface area contributed by atoms with Gasteiger partial charge in [-0.05, 0) is 30.9 Å². The van der Waals surface area contributed by atoms with Crippen LogP contribution in [0.5, 0.6) is 11.5 Å². The predicted molar refractivity (Wildman–Crippen MR) is 131 cm³/mol. The molecule has 2 fully saturated rings. The van der Waals surface area contributed by atoms with Crippen molar-refractivity contribution in [3.05, 3.63) is 47.9 Å². The summed E-state index contributed by atoms with van der Waals surface area (Å²) in [5.74, 6) is 7.80. The van der Waals surface area contributed by atoms with Crippen LogP contribution in [-0.2, 0) is 4.79 Å². The van der Waals surface area contributed by atoms with Gasteiger partial charge < -0.3 is 25.4 Å². The van der Waals surface area contributed by atoms with Crippen LogP contribution in [0.1, 0.15) is 30.1 Å². The molecule has 3 N–H and O–H groups in total. The molecule has 180 valence electrons. The molecular weight excluding hydrogens is 446 g/mol. The third-order valence-corrected chi connectivity index (χ3v) is 6.08. The van der Waals surface area contributed by atoms with Crippen LogP contribution in [0.4, 0.5) is 5.82 Å². The van der Waals surface area contributed by atoms with Gasteiger partial charge in [0.2, 0.25) is 5.91 Å². The molecule has 10 heteroatoms. The van der Waals surface area contributed by atoms with Crippen molar-refractivity contribution in [1.29, 1.82) is 0 Å². The van der Waals surface area contributed by atoms with E-state index in [1.165, 1.54) is 19.2 Å². The molecule has 1 saturated carbocycles. The first-order valence-corrected chi connectivity index (χ1v) is 11.5. The quantitative estimate of drug-likeness (QED) is 0.391. The van der Waals surface area contributed by atoms with Crippen LogP contribution in [0.15, 0.2) is 36.7 Å². The number of anilines is 1. The third kappa shape index (κ3) is 4.90. The summed E-state index contributed by atoms with van der Waals surface area (Å²) in [7, 11) is 3.18. The molecule has 3 aromatic rings. The van der Waals surface area contributed by atoms with E-state index in [0.717, 1.165) is 6.54 Å². The number of hydrogen-bond donors (Lipinski definition) is 2. The summed E-state index contributed by atoms with van der Waals surface area (Å²) in [5.41, 5.74) is 7.96. The van der Waals surface area contributed by atoms with E-state index in [2.05, 4.69) is 27.1 Å². The summed E-state index contributed by atoms with van der Waals surface area (Å²) >= 11 is 0. The molecule has 1 aromatic carbocycles. The zero-order chi connectivity index (χ0) is 24.4. The van der Waals surface area contributed by atoms with Crippen LogP contribution in [0.25, 0.3) is 11.0 Å². The minimum atomic E-state index is -0.0128. The van der Waals surface area contributed by atoms with E-state index in [4.69, 9.17) is 20.3 Å². The van der Waals surface area contributed by atoms with Crippen LogP contribution in [0.2, 0.25) is 0 Å². The number of fused-ring (bicyclic) bond motifs is 1. The van der Waals surface area contributed by atoms with Gasteiger partial charge in [-0.15, -0.1) is 0 Å². The maximum Gasteiger partial charge on any atom is 0.246 e. The highest BCUT2D eigenvalue weighted by molar-refractivity contribution is 5.91. The summed E-state index contributed by atoms with van der Waals surface area (Å²) < 4.78 is 12.4. The molecule has 1 saturated heterocycles. The lowest BCUT2D eigenvalue weighted by atomic mass is 10.1. The van der Waals surface area contributed by atoms with Gasteiger partial charge in [-0.2, -0.15) is 5.10 Å². The Bertz CT molecular complexity index is 1320. The van der Waals surface area contributed by atoms with Gasteiger partial charge in [-0.1, -0.05) is 12.0 Å². The second-order valence-electron chi connectivity index (χ2n) is 8.58. The number of carbonyl (C=O) groups is 1. The molecular formula is C25H27N7O3. The first-order chi connectivity index (χ1) is 17.1. The first kappa shape index (κ1) is 22.7. The summed E-state index contributed by atoms with van der Waals surface area (Å²) in [4.78, 5) is 22.8. The standard InChI is InChI=1S/C25H27N7O3/c1-34-19-10-16(11-20(12-19)35-2)5-8-21-23-24(26)28-15-29-25(23)32(30-21)18-13-31(14-18)22(33)4-3-9-27-17-6-7-17/h3-4,10-12,15,17-18,27H,6-7,9,13-14H2,1-2H3,(H2,26,28,29)/b4-3+. The Morgan fingerprint density at radius 2 is 1.91 bits per heavy atom. The third-order valence-electron chi connectivity index (χ3n) is 6.08. The van der Waals surface area contributed by atoms with Gasteiger partial charge in [0.15, 0.2) is 5.65 Å². The smallest absolute Gasteiger partial charge is 0.246 e. The molecule has 3 heterocycles. The Hall–Kier alpha value is -4.10. The van der Waals surface area contributed by atoms with Crippen LogP contribution < -0.4 is 20.5 Å². The lowest BCUT2D eigenvalue weighted by Crippen LogP contribution is -2.50. The topological polar surface area (TPSA) is 120 Å². The fourth-order valence-electron chi connectivity index (χ4n) is 3.93. The number of benzene rings is 1. The van der Waals surface area contributed by atoms with Crippen molar-refractivity contribution in [2.75, 3.05) is 39.6 Å². The zero-order valence-corrected chi connectivity index (χ0v) is 19.7. The molecule has 2 aliphatic rings. The Morgan fingerprint density at radius 1 is 1.17 bits per heavy atom. The lowest BCUT2D eigenvalue weighted by molar-refractivity contribution is -0.131. The number of nitrogen functional groups attached to an aromatic ring is 1. The number of amides is 1. The monoisotopic (exact) mass is 473 g/mol. The van der Waals surface area contributed by atoms with Gasteiger partial charge in [0.1, 0.15) is 29.3 Å². The number of ether oxygens (including phenoxy) is 2. The number of nitrogens with one attached hydrogen (secondary N) is 1. The number of rotatable bonds is 7. The van der Waals surface area contributed by atoms with E-state index in [0.29, 0.717) is 58.7 Å². The van der Waals surface area contributed by atoms with Crippen LogP contribution in [0.3, 0.4) is 0 Å². The van der Waals surface area contributed by atoms with Crippen LogP contribution in [0, 0.1) is 11.8 Å². The molecule has 1 amide bonds. The molecule has 2 aromatic heterocycles. The van der Waals surface area contributed by atoms with E-state index < -0.39 is 0 Å². The number of methoxy groups -OCH3 is 2. The Labute approximate surface area is 203 Å². The van der Waals surface area contributed by atoms with E-state index in [9.17, 15) is 4.79 Å². The number of likely N-dealkylation sites (tertiary alicyclic amines) is 1. The van der Waals surface area contributed by atoms with E-state index >= 15 is 0 Å². The fourth-order valence-corrected chi connectivity index (χ4v) is 3.93. The molecule has 0 bridgehead atoms. The van der Waals surface area contributed by atoms with Crippen molar-refractivity contribution < 1.29 is 14.3 Å². The van der Waals surface area contributed by atoms with Crippen molar-refractivity contribution >= 4 is 22.8 Å². The molecule has 0 unspecified atom stereocenters. The second-order valence-corrected chi connectivity index (χ2v) is 8.58. The SMILES string of the molecule is COc1cc(C#Cc2nn(C3CN(C(=O)/C=C/CNC4CC4)C3)c3ncnc(N)c23)cc(OC)c1. The predicted octanol–water partition coefficient (Wildman–Crippen LogP) is 1.52. The molecule has 5 rings (SSSR count). The van der Waals surface area contributed by atoms with Crippen molar-refractivity contribution in [2.45, 2.75) is 24.9 Å². The van der Waals surface area contributed by atoms with Gasteiger partial charge in [0, 0.05) is 43.4 Å². The molecule has 0 spiro atoms. The highest BCUT2D eigenvalue weighted by Crippen LogP contribution is 2.29. The maximum atomic E-state index is 12.4. The largest absolute Gasteiger partial charge is 0.497 e. The molecule has 10 nitrogen and oxygen atoms in total. The molecule has 0 atom stereocenters. The lowest BCUT2D eigenvalue weighted by Gasteiger charge is -2.38. The normalized spacial score (nSPS) is 15.7. The van der Waals surface area contributed by atoms with E-state index in [1.807, 2.05) is 18.2 Å². The van der Waals surface area contributed by atoms with Gasteiger partial charge in [0.25, 0.3) is 0 Å². The average Bonchev–Trinajstić information content (AvgIpc) is 3.59. The summed E-state index contributed by atoms with van der Waals surface area (Å²) in [6.07, 6.45) is 7.37.